The molecule has 8 heteroatoms. The minimum atomic E-state index is -3.68. The molecule has 0 aliphatic rings. The van der Waals surface area contributed by atoms with Crippen molar-refractivity contribution in [2.75, 3.05) is 14.1 Å². The molecular formula is C17H18ClFN2O3S. The third-order valence-corrected chi connectivity index (χ3v) is 5.82. The maximum Gasteiger partial charge on any atom is 0.253 e. The van der Waals surface area contributed by atoms with Crippen LogP contribution in [0.5, 0.6) is 0 Å². The molecule has 0 heterocycles. The summed E-state index contributed by atoms with van der Waals surface area (Å²) >= 11 is 6.05. The number of carbonyl (C=O) groups excluding carboxylic acids is 1. The van der Waals surface area contributed by atoms with Crippen molar-refractivity contribution in [2.45, 2.75) is 17.9 Å². The first kappa shape index (κ1) is 19.4. The van der Waals surface area contributed by atoms with Crippen LogP contribution in [0.25, 0.3) is 0 Å². The van der Waals surface area contributed by atoms with Crippen molar-refractivity contribution in [3.05, 3.63) is 64.4 Å². The Kier molecular flexibility index (Phi) is 5.82. The van der Waals surface area contributed by atoms with Gasteiger partial charge in [0, 0.05) is 14.1 Å². The van der Waals surface area contributed by atoms with Gasteiger partial charge in [-0.15, -0.1) is 0 Å². The molecule has 0 aliphatic carbocycles. The van der Waals surface area contributed by atoms with Crippen molar-refractivity contribution in [3.8, 4) is 0 Å². The highest BCUT2D eigenvalue weighted by molar-refractivity contribution is 7.89. The lowest BCUT2D eigenvalue weighted by molar-refractivity contribution is 0.0940. The number of amides is 1. The molecule has 0 saturated heterocycles. The van der Waals surface area contributed by atoms with E-state index in [2.05, 4.69) is 5.32 Å². The minimum Gasteiger partial charge on any atom is -0.345 e. The summed E-state index contributed by atoms with van der Waals surface area (Å²) < 4.78 is 38.5. The largest absolute Gasteiger partial charge is 0.345 e. The van der Waals surface area contributed by atoms with Gasteiger partial charge in [-0.25, -0.2) is 17.1 Å². The first-order valence-electron chi connectivity index (χ1n) is 7.41. The van der Waals surface area contributed by atoms with Crippen molar-refractivity contribution in [1.82, 2.24) is 9.62 Å². The van der Waals surface area contributed by atoms with Gasteiger partial charge in [-0.05, 0) is 42.8 Å². The Hall–Kier alpha value is -1.96. The molecule has 0 spiro atoms. The van der Waals surface area contributed by atoms with Crippen LogP contribution >= 0.6 is 11.6 Å². The van der Waals surface area contributed by atoms with Gasteiger partial charge in [0.25, 0.3) is 5.91 Å². The first-order valence-corrected chi connectivity index (χ1v) is 9.23. The van der Waals surface area contributed by atoms with Gasteiger partial charge in [0.05, 0.1) is 21.5 Å². The lowest BCUT2D eigenvalue weighted by Gasteiger charge is -2.16. The summed E-state index contributed by atoms with van der Waals surface area (Å²) in [6.45, 7) is 1.74. The summed E-state index contributed by atoms with van der Waals surface area (Å²) in [7, 11) is -0.876. The Morgan fingerprint density at radius 2 is 1.76 bits per heavy atom. The molecule has 134 valence electrons. The van der Waals surface area contributed by atoms with E-state index >= 15 is 0 Å². The van der Waals surface area contributed by atoms with Crippen LogP contribution in [0.1, 0.15) is 28.9 Å². The fourth-order valence-electron chi connectivity index (χ4n) is 2.16. The van der Waals surface area contributed by atoms with Crippen molar-refractivity contribution in [2.24, 2.45) is 0 Å². The summed E-state index contributed by atoms with van der Waals surface area (Å²) in [4.78, 5) is 12.5. The van der Waals surface area contributed by atoms with Gasteiger partial charge in [-0.1, -0.05) is 23.7 Å². The quantitative estimate of drug-likeness (QED) is 0.860. The Morgan fingerprint density at radius 1 is 1.16 bits per heavy atom. The van der Waals surface area contributed by atoms with E-state index in [1.54, 1.807) is 19.1 Å². The number of rotatable bonds is 5. The van der Waals surface area contributed by atoms with Gasteiger partial charge >= 0.3 is 0 Å². The van der Waals surface area contributed by atoms with Crippen LogP contribution in [-0.4, -0.2) is 32.7 Å². The number of carbonyl (C=O) groups is 1. The minimum absolute atomic E-state index is 0.0264. The van der Waals surface area contributed by atoms with Gasteiger partial charge in [0.15, 0.2) is 0 Å². The third kappa shape index (κ3) is 4.36. The summed E-state index contributed by atoms with van der Waals surface area (Å²) in [5.74, 6) is -0.885. The van der Waals surface area contributed by atoms with Crippen molar-refractivity contribution < 1.29 is 17.6 Å². The van der Waals surface area contributed by atoms with Crippen LogP contribution in [0.2, 0.25) is 5.02 Å². The van der Waals surface area contributed by atoms with E-state index in [1.165, 1.54) is 44.4 Å². The standard InChI is InChI=1S/C17H18ClFN2O3S/c1-11(12-4-6-13(19)7-5-12)20-17(22)15-10-14(8-9-16(15)18)25(23,24)21(2)3/h4-11H,1-3H3,(H,20,22). The second-order valence-corrected chi connectivity index (χ2v) is 8.23. The highest BCUT2D eigenvalue weighted by Crippen LogP contribution is 2.23. The van der Waals surface area contributed by atoms with Crippen molar-refractivity contribution in [3.63, 3.8) is 0 Å². The van der Waals surface area contributed by atoms with Crippen LogP contribution in [0.15, 0.2) is 47.4 Å². The smallest absolute Gasteiger partial charge is 0.253 e. The molecule has 1 N–H and O–H groups in total. The van der Waals surface area contributed by atoms with Gasteiger partial charge in [0.2, 0.25) is 10.0 Å². The molecule has 25 heavy (non-hydrogen) atoms. The summed E-state index contributed by atoms with van der Waals surface area (Å²) in [5.41, 5.74) is 0.765. The Labute approximate surface area is 151 Å². The molecule has 1 amide bonds. The normalized spacial score (nSPS) is 12.9. The molecular weight excluding hydrogens is 367 g/mol. The van der Waals surface area contributed by atoms with E-state index in [0.29, 0.717) is 5.56 Å². The van der Waals surface area contributed by atoms with Crippen molar-refractivity contribution >= 4 is 27.5 Å². The molecule has 0 radical (unpaired) electrons. The number of nitrogens with one attached hydrogen (secondary N) is 1. The maximum absolute atomic E-state index is 13.0. The lowest BCUT2D eigenvalue weighted by Crippen LogP contribution is -2.28. The molecule has 0 fully saturated rings. The fourth-order valence-corrected chi connectivity index (χ4v) is 3.29. The van der Waals surface area contributed by atoms with Crippen LogP contribution in [0.4, 0.5) is 4.39 Å². The SMILES string of the molecule is CC(NC(=O)c1cc(S(=O)(=O)N(C)C)ccc1Cl)c1ccc(F)cc1. The topological polar surface area (TPSA) is 66.5 Å². The van der Waals surface area contributed by atoms with Gasteiger partial charge < -0.3 is 5.32 Å². The lowest BCUT2D eigenvalue weighted by atomic mass is 10.1. The molecule has 0 bridgehead atoms. The van der Waals surface area contributed by atoms with Gasteiger partial charge in [-0.2, -0.15) is 0 Å². The van der Waals surface area contributed by atoms with Gasteiger partial charge in [0.1, 0.15) is 5.82 Å². The zero-order valence-corrected chi connectivity index (χ0v) is 15.5. The second-order valence-electron chi connectivity index (χ2n) is 5.68. The van der Waals surface area contributed by atoms with Crippen LogP contribution < -0.4 is 5.32 Å². The highest BCUT2D eigenvalue weighted by atomic mass is 35.5. The van der Waals surface area contributed by atoms with Crippen LogP contribution in [-0.2, 0) is 10.0 Å². The number of nitrogens with zero attached hydrogens (tertiary/aromatic N) is 1. The second kappa shape index (κ2) is 7.51. The van der Waals surface area contributed by atoms with E-state index in [1.807, 2.05) is 0 Å². The molecule has 2 rings (SSSR count). The Bertz CT molecular complexity index is 883. The van der Waals surface area contributed by atoms with E-state index in [9.17, 15) is 17.6 Å². The highest BCUT2D eigenvalue weighted by Gasteiger charge is 2.21. The number of hydrogen-bond donors (Lipinski definition) is 1. The molecule has 2 aromatic rings. The molecule has 5 nitrogen and oxygen atoms in total. The first-order chi connectivity index (χ1) is 11.6. The number of benzene rings is 2. The summed E-state index contributed by atoms with van der Waals surface area (Å²) in [6, 6.07) is 9.28. The van der Waals surface area contributed by atoms with Crippen molar-refractivity contribution in [1.29, 1.82) is 0 Å². The molecule has 1 unspecified atom stereocenters. The molecule has 0 aliphatic heterocycles. The van der Waals surface area contributed by atoms with E-state index < -0.39 is 22.0 Å². The zero-order chi connectivity index (χ0) is 18.8. The van der Waals surface area contributed by atoms with Crippen LogP contribution in [0, 0.1) is 5.82 Å². The zero-order valence-electron chi connectivity index (χ0n) is 14.0. The van der Waals surface area contributed by atoms with E-state index in [4.69, 9.17) is 11.6 Å². The Balaban J connectivity index is 2.28. The predicted octanol–water partition coefficient (Wildman–Crippen LogP) is 3.22. The summed E-state index contributed by atoms with van der Waals surface area (Å²) in [5, 5.41) is 2.87. The van der Waals surface area contributed by atoms with E-state index in [-0.39, 0.29) is 21.3 Å². The molecule has 0 saturated carbocycles. The molecule has 0 aromatic heterocycles. The number of hydrogen-bond acceptors (Lipinski definition) is 3. The van der Waals surface area contributed by atoms with E-state index in [0.717, 1.165) is 4.31 Å². The monoisotopic (exact) mass is 384 g/mol. The maximum atomic E-state index is 13.0. The van der Waals surface area contributed by atoms with Gasteiger partial charge in [-0.3, -0.25) is 4.79 Å². The fraction of sp³-hybridized carbons (Fsp3) is 0.235. The van der Waals surface area contributed by atoms with Crippen LogP contribution in [0.3, 0.4) is 0 Å². The average molecular weight is 385 g/mol. The number of sulfonamides is 1. The summed E-state index contributed by atoms with van der Waals surface area (Å²) in [6.07, 6.45) is 0. The predicted molar refractivity (Wildman–Crippen MR) is 94.6 cm³/mol. The molecule has 1 atom stereocenters. The third-order valence-electron chi connectivity index (χ3n) is 3.68. The average Bonchev–Trinajstić information content (AvgIpc) is 2.55. The number of halogens is 2. The Morgan fingerprint density at radius 3 is 2.32 bits per heavy atom. The molecule has 2 aromatic carbocycles.